The van der Waals surface area contributed by atoms with Gasteiger partial charge in [0.05, 0.1) is 0 Å². The van der Waals surface area contributed by atoms with E-state index in [0.717, 1.165) is 47.8 Å². The monoisotopic (exact) mass is 389 g/mol. The number of likely N-dealkylation sites (tertiary alicyclic amines) is 1. The van der Waals surface area contributed by atoms with Crippen molar-refractivity contribution >= 4 is 36.1 Å². The van der Waals surface area contributed by atoms with Crippen LogP contribution in [0, 0.1) is 0 Å². The van der Waals surface area contributed by atoms with Crippen molar-refractivity contribution in [1.82, 2.24) is 24.5 Å². The summed E-state index contributed by atoms with van der Waals surface area (Å²) >= 11 is 0. The molecule has 150 valence electrons. The van der Waals surface area contributed by atoms with Crippen LogP contribution in [0.3, 0.4) is 0 Å². The molecule has 0 unspecified atom stereocenters. The number of rotatable bonds is 9. The zero-order valence-electron chi connectivity index (χ0n) is 16.8. The van der Waals surface area contributed by atoms with Gasteiger partial charge >= 0.3 is 172 Å². The summed E-state index contributed by atoms with van der Waals surface area (Å²) in [6.45, 7) is 10.9. The molecule has 0 aliphatic carbocycles. The SMILES string of the molecule is C=Bc1cnn2c(NCc3cccnc3)cc(NCCCN3CCCCC3)nc12. The molecule has 1 saturated heterocycles. The number of piperidine rings is 1. The minimum atomic E-state index is 0.671. The molecule has 1 aliphatic heterocycles. The molecule has 0 bridgehead atoms. The van der Waals surface area contributed by atoms with E-state index in [-0.39, 0.29) is 0 Å². The van der Waals surface area contributed by atoms with Crippen LogP contribution in [0.15, 0.2) is 36.8 Å². The molecule has 0 spiro atoms. The third kappa shape index (κ3) is 5.01. The number of pyridine rings is 1. The molecule has 8 heteroatoms. The van der Waals surface area contributed by atoms with Crippen LogP contribution < -0.4 is 16.1 Å². The van der Waals surface area contributed by atoms with Crippen LogP contribution >= 0.6 is 0 Å². The van der Waals surface area contributed by atoms with Crippen molar-refractivity contribution in [3.05, 3.63) is 42.4 Å². The Morgan fingerprint density at radius 1 is 1.14 bits per heavy atom. The predicted octanol–water partition coefficient (Wildman–Crippen LogP) is 1.79. The minimum absolute atomic E-state index is 0.671. The van der Waals surface area contributed by atoms with Gasteiger partial charge in [-0.05, 0) is 0 Å². The normalized spacial score (nSPS) is 14.6. The quantitative estimate of drug-likeness (QED) is 0.430. The number of hydrogen-bond donors (Lipinski definition) is 2. The van der Waals surface area contributed by atoms with Crippen molar-refractivity contribution in [1.29, 1.82) is 0 Å². The zero-order valence-corrected chi connectivity index (χ0v) is 16.8. The van der Waals surface area contributed by atoms with Gasteiger partial charge in [-0.25, -0.2) is 0 Å². The summed E-state index contributed by atoms with van der Waals surface area (Å²) in [7, 11) is 0. The van der Waals surface area contributed by atoms with Gasteiger partial charge < -0.3 is 0 Å². The molecular weight excluding hydrogens is 361 g/mol. The average molecular weight is 389 g/mol. The molecule has 0 saturated carbocycles. The molecule has 4 rings (SSSR count). The molecule has 0 radical (unpaired) electrons. The number of aromatic nitrogens is 4. The summed E-state index contributed by atoms with van der Waals surface area (Å²) in [4.78, 5) is 11.5. The Labute approximate surface area is 172 Å². The molecule has 3 aromatic rings. The van der Waals surface area contributed by atoms with Crippen molar-refractivity contribution < 1.29 is 0 Å². The summed E-state index contributed by atoms with van der Waals surface area (Å²) in [5.74, 6) is 1.75. The zero-order chi connectivity index (χ0) is 19.9. The topological polar surface area (TPSA) is 70.4 Å². The van der Waals surface area contributed by atoms with Gasteiger partial charge in [-0.2, -0.15) is 0 Å². The average Bonchev–Trinajstić information content (AvgIpc) is 3.20. The summed E-state index contributed by atoms with van der Waals surface area (Å²) < 4.78 is 1.83. The molecule has 0 amide bonds. The van der Waals surface area contributed by atoms with Gasteiger partial charge in [0.25, 0.3) is 0 Å². The molecule has 1 aliphatic rings. The molecule has 2 N–H and O–H groups in total. The van der Waals surface area contributed by atoms with Crippen LogP contribution in [0.5, 0.6) is 0 Å². The van der Waals surface area contributed by atoms with E-state index in [4.69, 9.17) is 4.98 Å². The van der Waals surface area contributed by atoms with Crippen molar-refractivity contribution in [3.8, 4) is 0 Å². The van der Waals surface area contributed by atoms with Crippen molar-refractivity contribution in [2.24, 2.45) is 0 Å². The third-order valence-electron chi connectivity index (χ3n) is 5.32. The van der Waals surface area contributed by atoms with Crippen LogP contribution in [0.1, 0.15) is 31.2 Å². The first kappa shape index (κ1) is 19.6. The maximum absolute atomic E-state index is 4.76. The summed E-state index contributed by atoms with van der Waals surface area (Å²) in [5, 5.41) is 11.4. The maximum atomic E-state index is 4.76. The Balaban J connectivity index is 1.44. The van der Waals surface area contributed by atoms with E-state index in [0.29, 0.717) is 6.54 Å². The first-order chi connectivity index (χ1) is 14.3. The van der Waals surface area contributed by atoms with Gasteiger partial charge in [0.2, 0.25) is 0 Å². The fourth-order valence-electron chi connectivity index (χ4n) is 3.74. The summed E-state index contributed by atoms with van der Waals surface area (Å²) in [6, 6.07) is 6.01. The third-order valence-corrected chi connectivity index (χ3v) is 5.32. The van der Waals surface area contributed by atoms with Gasteiger partial charge in [0, 0.05) is 0 Å². The molecule has 1 fully saturated rings. The Hall–Kier alpha value is -2.74. The number of nitrogens with one attached hydrogen (secondary N) is 2. The molecule has 3 aromatic heterocycles. The van der Waals surface area contributed by atoms with Crippen LogP contribution in [0.4, 0.5) is 11.6 Å². The molecule has 0 atom stereocenters. The summed E-state index contributed by atoms with van der Waals surface area (Å²) in [6.07, 6.45) is 10.6. The second-order valence-electron chi connectivity index (χ2n) is 7.46. The summed E-state index contributed by atoms with van der Waals surface area (Å²) in [5.41, 5.74) is 2.84. The van der Waals surface area contributed by atoms with Crippen LogP contribution in [0.2, 0.25) is 0 Å². The molecule has 29 heavy (non-hydrogen) atoms. The van der Waals surface area contributed by atoms with E-state index in [1.54, 1.807) is 19.3 Å². The van der Waals surface area contributed by atoms with E-state index < -0.39 is 0 Å². The number of hydrogen-bond acceptors (Lipinski definition) is 6. The van der Waals surface area contributed by atoms with Gasteiger partial charge in [-0.1, -0.05) is 0 Å². The molecule has 4 heterocycles. The van der Waals surface area contributed by atoms with E-state index in [1.165, 1.54) is 32.4 Å². The Bertz CT molecular complexity index is 935. The van der Waals surface area contributed by atoms with Crippen molar-refractivity contribution in [3.63, 3.8) is 0 Å². The molecule has 7 nitrogen and oxygen atoms in total. The fourth-order valence-corrected chi connectivity index (χ4v) is 3.74. The first-order valence-corrected chi connectivity index (χ1v) is 10.4. The van der Waals surface area contributed by atoms with E-state index in [1.807, 2.05) is 22.8 Å². The Morgan fingerprint density at radius 3 is 2.83 bits per heavy atom. The number of nitrogens with zero attached hydrogens (tertiary/aromatic N) is 5. The molecular formula is C21H28BN7. The van der Waals surface area contributed by atoms with Crippen molar-refractivity contribution in [2.45, 2.75) is 32.2 Å². The van der Waals surface area contributed by atoms with Crippen molar-refractivity contribution in [2.75, 3.05) is 36.8 Å². The van der Waals surface area contributed by atoms with E-state index in [2.05, 4.69) is 38.2 Å². The van der Waals surface area contributed by atoms with Crippen LogP contribution in [-0.4, -0.2) is 64.1 Å². The van der Waals surface area contributed by atoms with Gasteiger partial charge in [-0.3, -0.25) is 0 Å². The van der Waals surface area contributed by atoms with Crippen LogP contribution in [0.25, 0.3) is 5.65 Å². The van der Waals surface area contributed by atoms with E-state index >= 15 is 0 Å². The van der Waals surface area contributed by atoms with Gasteiger partial charge in [-0.15, -0.1) is 0 Å². The Morgan fingerprint density at radius 2 is 2.03 bits per heavy atom. The standard InChI is InChI=1S/C21H28BN7/c1-22-18-16-26-29-20(25-15-17-7-5-8-23-14-17)13-19(27-21(18)29)24-9-6-12-28-10-3-2-4-11-28/h5,7-8,13-14,16,25H,1-4,6,9-12,15H2,(H,24,27). The molecule has 0 aromatic carbocycles. The second-order valence-corrected chi connectivity index (χ2v) is 7.46. The second kappa shape index (κ2) is 9.65. The van der Waals surface area contributed by atoms with Gasteiger partial charge in [0.1, 0.15) is 0 Å². The predicted molar refractivity (Wildman–Crippen MR) is 120 cm³/mol. The van der Waals surface area contributed by atoms with Crippen LogP contribution in [-0.2, 0) is 6.54 Å². The fraction of sp³-hybridized carbons (Fsp3) is 0.429. The number of anilines is 2. The van der Waals surface area contributed by atoms with Gasteiger partial charge in [0.15, 0.2) is 0 Å². The number of fused-ring (bicyclic) bond motifs is 1. The Kier molecular flexibility index (Phi) is 6.51. The van der Waals surface area contributed by atoms with E-state index in [9.17, 15) is 0 Å². The first-order valence-electron chi connectivity index (χ1n) is 10.4.